The molecule has 0 aliphatic carbocycles. The summed E-state index contributed by atoms with van der Waals surface area (Å²) in [5, 5.41) is 0.761. The molecule has 1 aliphatic heterocycles. The topological polar surface area (TPSA) is 61.3 Å². The van der Waals surface area contributed by atoms with Crippen LogP contribution in [-0.4, -0.2) is 16.8 Å². The van der Waals surface area contributed by atoms with E-state index in [9.17, 15) is 0 Å². The number of hydrogen-bond acceptors (Lipinski definition) is 5. The zero-order chi connectivity index (χ0) is 11.7. The molecule has 0 spiro atoms. The van der Waals surface area contributed by atoms with Gasteiger partial charge in [-0.05, 0) is 6.07 Å². The van der Waals surface area contributed by atoms with Crippen molar-refractivity contribution in [1.82, 2.24) is 4.98 Å². The summed E-state index contributed by atoms with van der Waals surface area (Å²) in [6.07, 6.45) is 3.19. The average molecular weight is 248 g/mol. The minimum Gasteiger partial charge on any atom is -0.492 e. The van der Waals surface area contributed by atoms with Crippen molar-refractivity contribution in [2.75, 3.05) is 6.61 Å². The molecular formula is C12H12N2O2S. The Bertz CT molecular complexity index is 501. The highest BCUT2D eigenvalue weighted by molar-refractivity contribution is 7.99. The van der Waals surface area contributed by atoms with Gasteiger partial charge in [-0.15, -0.1) is 0 Å². The van der Waals surface area contributed by atoms with Crippen LogP contribution in [0.5, 0.6) is 5.75 Å². The van der Waals surface area contributed by atoms with Crippen LogP contribution in [0.3, 0.4) is 0 Å². The van der Waals surface area contributed by atoms with Crippen LogP contribution in [-0.2, 0) is 0 Å². The molecule has 0 amide bonds. The monoisotopic (exact) mass is 248 g/mol. The maximum atomic E-state index is 6.24. The van der Waals surface area contributed by atoms with Crippen LogP contribution in [0.4, 0.5) is 0 Å². The van der Waals surface area contributed by atoms with Crippen LogP contribution in [0.25, 0.3) is 0 Å². The molecule has 3 rings (SSSR count). The number of aromatic nitrogens is 1. The van der Waals surface area contributed by atoms with Gasteiger partial charge in [0.15, 0.2) is 0 Å². The van der Waals surface area contributed by atoms with Crippen LogP contribution in [0.2, 0.25) is 0 Å². The van der Waals surface area contributed by atoms with Crippen LogP contribution in [0.1, 0.15) is 11.6 Å². The van der Waals surface area contributed by atoms with Crippen molar-refractivity contribution in [3.05, 3.63) is 42.3 Å². The molecule has 2 aromatic rings. The van der Waals surface area contributed by atoms with Gasteiger partial charge >= 0.3 is 0 Å². The van der Waals surface area contributed by atoms with Gasteiger partial charge in [0, 0.05) is 11.6 Å². The van der Waals surface area contributed by atoms with E-state index in [4.69, 9.17) is 14.9 Å². The van der Waals surface area contributed by atoms with Crippen LogP contribution < -0.4 is 10.5 Å². The number of para-hydroxylation sites is 1. The van der Waals surface area contributed by atoms with Gasteiger partial charge in [0.1, 0.15) is 18.6 Å². The summed E-state index contributed by atoms with van der Waals surface area (Å²) in [4.78, 5) is 4.09. The van der Waals surface area contributed by atoms with Crippen molar-refractivity contribution in [1.29, 1.82) is 0 Å². The van der Waals surface area contributed by atoms with E-state index in [0.717, 1.165) is 11.3 Å². The number of hydrogen-bond donors (Lipinski definition) is 1. The fraction of sp³-hybridized carbons (Fsp3) is 0.250. The number of fused-ring (bicyclic) bond motifs is 1. The Morgan fingerprint density at radius 2 is 2.24 bits per heavy atom. The van der Waals surface area contributed by atoms with Gasteiger partial charge in [0.2, 0.25) is 0 Å². The number of ether oxygens (including phenoxy) is 1. The Morgan fingerprint density at radius 3 is 3.06 bits per heavy atom. The van der Waals surface area contributed by atoms with E-state index in [1.807, 2.05) is 24.3 Å². The van der Waals surface area contributed by atoms with E-state index in [1.165, 1.54) is 11.8 Å². The highest BCUT2D eigenvalue weighted by atomic mass is 32.2. The fourth-order valence-corrected chi connectivity index (χ4v) is 2.79. The van der Waals surface area contributed by atoms with Crippen molar-refractivity contribution in [2.24, 2.45) is 5.73 Å². The van der Waals surface area contributed by atoms with Crippen molar-refractivity contribution < 1.29 is 9.15 Å². The predicted octanol–water partition coefficient (Wildman–Crippen LogP) is 2.23. The van der Waals surface area contributed by atoms with Crippen LogP contribution in [0, 0.1) is 0 Å². The molecule has 5 heteroatoms. The lowest BCUT2D eigenvalue weighted by molar-refractivity contribution is 0.275. The Balaban J connectivity index is 1.82. The SMILES string of the molecule is NC1c2ccccc2OCC1Sc1ncco1. The first-order valence-corrected chi connectivity index (χ1v) is 6.26. The maximum absolute atomic E-state index is 6.24. The minimum atomic E-state index is -0.0585. The minimum absolute atomic E-state index is 0.0585. The smallest absolute Gasteiger partial charge is 0.255 e. The molecular weight excluding hydrogens is 236 g/mol. The first-order valence-electron chi connectivity index (χ1n) is 5.38. The molecule has 0 bridgehead atoms. The second kappa shape index (κ2) is 4.43. The van der Waals surface area contributed by atoms with E-state index in [0.29, 0.717) is 11.8 Å². The van der Waals surface area contributed by atoms with E-state index in [1.54, 1.807) is 12.5 Å². The fourth-order valence-electron chi connectivity index (χ4n) is 1.87. The first kappa shape index (κ1) is 10.7. The molecule has 2 atom stereocenters. The Hall–Kier alpha value is -1.46. The molecule has 2 unspecified atom stereocenters. The molecule has 4 nitrogen and oxygen atoms in total. The summed E-state index contributed by atoms with van der Waals surface area (Å²) in [5.74, 6) is 0.879. The van der Waals surface area contributed by atoms with E-state index in [2.05, 4.69) is 4.98 Å². The zero-order valence-corrected chi connectivity index (χ0v) is 9.89. The molecule has 88 valence electrons. The van der Waals surface area contributed by atoms with Gasteiger partial charge in [-0.1, -0.05) is 30.0 Å². The highest BCUT2D eigenvalue weighted by Gasteiger charge is 2.29. The highest BCUT2D eigenvalue weighted by Crippen LogP contribution is 2.37. The summed E-state index contributed by atoms with van der Waals surface area (Å²) in [6.45, 7) is 0.575. The largest absolute Gasteiger partial charge is 0.492 e. The van der Waals surface area contributed by atoms with Gasteiger partial charge in [-0.3, -0.25) is 0 Å². The zero-order valence-electron chi connectivity index (χ0n) is 9.08. The summed E-state index contributed by atoms with van der Waals surface area (Å²) >= 11 is 1.52. The molecule has 1 aromatic heterocycles. The van der Waals surface area contributed by atoms with Crippen molar-refractivity contribution in [2.45, 2.75) is 16.5 Å². The third-order valence-corrected chi connectivity index (χ3v) is 3.88. The second-order valence-electron chi connectivity index (χ2n) is 3.83. The summed E-state index contributed by atoms with van der Waals surface area (Å²) in [6, 6.07) is 7.81. The lowest BCUT2D eigenvalue weighted by atomic mass is 10.0. The predicted molar refractivity (Wildman–Crippen MR) is 65.0 cm³/mol. The van der Waals surface area contributed by atoms with Crippen molar-refractivity contribution >= 4 is 11.8 Å². The number of rotatable bonds is 2. The molecule has 0 saturated heterocycles. The summed E-state index contributed by atoms with van der Waals surface area (Å²) in [7, 11) is 0. The first-order chi connectivity index (χ1) is 8.34. The standard InChI is InChI=1S/C12H12N2O2S/c13-11-8-3-1-2-4-9(8)16-7-10(11)17-12-14-5-6-15-12/h1-6,10-11H,7,13H2. The van der Waals surface area contributed by atoms with E-state index >= 15 is 0 Å². The van der Waals surface area contributed by atoms with Gasteiger partial charge in [-0.25, -0.2) is 4.98 Å². The maximum Gasteiger partial charge on any atom is 0.255 e. The molecule has 1 aromatic carbocycles. The quantitative estimate of drug-likeness (QED) is 0.883. The molecule has 0 radical (unpaired) electrons. The Labute approximate surface area is 103 Å². The number of benzene rings is 1. The lowest BCUT2D eigenvalue weighted by Crippen LogP contribution is -2.33. The normalized spacial score (nSPS) is 22.9. The molecule has 0 saturated carbocycles. The Morgan fingerprint density at radius 1 is 1.35 bits per heavy atom. The summed E-state index contributed by atoms with van der Waals surface area (Å²) in [5.41, 5.74) is 7.28. The van der Waals surface area contributed by atoms with E-state index < -0.39 is 0 Å². The number of thioether (sulfide) groups is 1. The van der Waals surface area contributed by atoms with Crippen molar-refractivity contribution in [3.8, 4) is 5.75 Å². The number of nitrogens with zero attached hydrogens (tertiary/aromatic N) is 1. The van der Waals surface area contributed by atoms with Crippen LogP contribution in [0.15, 0.2) is 46.4 Å². The Kier molecular flexibility index (Phi) is 2.78. The summed E-state index contributed by atoms with van der Waals surface area (Å²) < 4.78 is 10.9. The van der Waals surface area contributed by atoms with Crippen LogP contribution >= 0.6 is 11.8 Å². The van der Waals surface area contributed by atoms with Gasteiger partial charge in [-0.2, -0.15) is 0 Å². The molecule has 2 heterocycles. The van der Waals surface area contributed by atoms with Gasteiger partial charge in [0.05, 0.1) is 11.4 Å². The van der Waals surface area contributed by atoms with Gasteiger partial charge < -0.3 is 14.9 Å². The van der Waals surface area contributed by atoms with Gasteiger partial charge in [0.25, 0.3) is 5.22 Å². The third kappa shape index (κ3) is 2.03. The molecule has 17 heavy (non-hydrogen) atoms. The number of nitrogens with two attached hydrogens (primary N) is 1. The number of oxazole rings is 1. The lowest BCUT2D eigenvalue weighted by Gasteiger charge is -2.29. The second-order valence-corrected chi connectivity index (χ2v) is 5.02. The third-order valence-electron chi connectivity index (χ3n) is 2.74. The molecule has 2 N–H and O–H groups in total. The molecule has 1 aliphatic rings. The van der Waals surface area contributed by atoms with E-state index in [-0.39, 0.29) is 11.3 Å². The van der Waals surface area contributed by atoms with Crippen molar-refractivity contribution in [3.63, 3.8) is 0 Å². The molecule has 0 fully saturated rings. The average Bonchev–Trinajstić information content (AvgIpc) is 2.86.